The lowest BCUT2D eigenvalue weighted by Crippen LogP contribution is -2.39. The molecule has 0 aliphatic heterocycles. The lowest BCUT2D eigenvalue weighted by molar-refractivity contribution is 0.147. The lowest BCUT2D eigenvalue weighted by atomic mass is 9.91. The number of nitrogens with zero attached hydrogens (tertiary/aromatic N) is 1. The predicted molar refractivity (Wildman–Crippen MR) is 78.9 cm³/mol. The third kappa shape index (κ3) is 2.15. The van der Waals surface area contributed by atoms with Crippen LogP contribution in [0.3, 0.4) is 0 Å². The molecule has 1 amide bonds. The first kappa shape index (κ1) is 13.0. The zero-order valence-corrected chi connectivity index (χ0v) is 12.0. The standard InChI is InChI=1S/C16H20N2O2/c1-3-20-16(19)17-11-8-9-15-13(10-11)12-6-4-5-7-14(12)18(15)2/h4-7,11H,3,8-10H2,1-2H3,(H,17,19). The fourth-order valence-corrected chi connectivity index (χ4v) is 3.19. The van der Waals surface area contributed by atoms with E-state index in [2.05, 4.69) is 41.2 Å². The Hall–Kier alpha value is -1.97. The number of aromatic nitrogens is 1. The number of rotatable bonds is 2. The third-order valence-corrected chi connectivity index (χ3v) is 4.12. The smallest absolute Gasteiger partial charge is 0.407 e. The highest BCUT2D eigenvalue weighted by atomic mass is 16.5. The van der Waals surface area contributed by atoms with Gasteiger partial charge in [-0.3, -0.25) is 0 Å². The topological polar surface area (TPSA) is 43.3 Å². The molecule has 1 aromatic heterocycles. The second kappa shape index (κ2) is 5.19. The lowest BCUT2D eigenvalue weighted by Gasteiger charge is -2.24. The molecule has 20 heavy (non-hydrogen) atoms. The van der Waals surface area contributed by atoms with Crippen molar-refractivity contribution in [2.45, 2.75) is 32.2 Å². The fourth-order valence-electron chi connectivity index (χ4n) is 3.19. The Kier molecular flexibility index (Phi) is 3.38. The quantitative estimate of drug-likeness (QED) is 0.913. The Morgan fingerprint density at radius 2 is 2.25 bits per heavy atom. The van der Waals surface area contributed by atoms with Gasteiger partial charge in [0.05, 0.1) is 6.61 Å². The minimum Gasteiger partial charge on any atom is -0.450 e. The van der Waals surface area contributed by atoms with Crippen LogP contribution in [0.1, 0.15) is 24.6 Å². The molecule has 4 nitrogen and oxygen atoms in total. The van der Waals surface area contributed by atoms with Crippen molar-refractivity contribution < 1.29 is 9.53 Å². The number of ether oxygens (including phenoxy) is 1. The van der Waals surface area contributed by atoms with Crippen LogP contribution in [0.15, 0.2) is 24.3 Å². The molecule has 0 saturated heterocycles. The molecular formula is C16H20N2O2. The van der Waals surface area contributed by atoms with Gasteiger partial charge in [0.1, 0.15) is 0 Å². The van der Waals surface area contributed by atoms with Crippen molar-refractivity contribution in [1.29, 1.82) is 0 Å². The van der Waals surface area contributed by atoms with Crippen LogP contribution in [-0.2, 0) is 24.6 Å². The summed E-state index contributed by atoms with van der Waals surface area (Å²) in [6.45, 7) is 2.24. The van der Waals surface area contributed by atoms with Crippen LogP contribution < -0.4 is 5.32 Å². The summed E-state index contributed by atoms with van der Waals surface area (Å²) in [5, 5.41) is 4.27. The van der Waals surface area contributed by atoms with Gasteiger partial charge >= 0.3 is 6.09 Å². The summed E-state index contributed by atoms with van der Waals surface area (Å²) in [5.41, 5.74) is 4.04. The van der Waals surface area contributed by atoms with Gasteiger partial charge in [-0.2, -0.15) is 0 Å². The van der Waals surface area contributed by atoms with Crippen LogP contribution in [0.25, 0.3) is 10.9 Å². The number of aryl methyl sites for hydroxylation is 1. The SMILES string of the molecule is CCOC(=O)NC1CCc2c(c3ccccc3n2C)C1. The van der Waals surface area contributed by atoms with Gasteiger partial charge in [-0.25, -0.2) is 4.79 Å². The van der Waals surface area contributed by atoms with Gasteiger partial charge in [0.25, 0.3) is 0 Å². The summed E-state index contributed by atoms with van der Waals surface area (Å²) in [7, 11) is 2.13. The van der Waals surface area contributed by atoms with Crippen LogP contribution in [0, 0.1) is 0 Å². The second-order valence-corrected chi connectivity index (χ2v) is 5.31. The van der Waals surface area contributed by atoms with Crippen molar-refractivity contribution in [3.8, 4) is 0 Å². The van der Waals surface area contributed by atoms with Gasteiger partial charge in [0.15, 0.2) is 0 Å². The third-order valence-electron chi connectivity index (χ3n) is 4.12. The Bertz CT molecular complexity index is 645. The van der Waals surface area contributed by atoms with E-state index < -0.39 is 0 Å². The van der Waals surface area contributed by atoms with Gasteiger partial charge in [-0.1, -0.05) is 18.2 Å². The average Bonchev–Trinajstić information content (AvgIpc) is 2.73. The normalized spacial score (nSPS) is 17.8. The summed E-state index contributed by atoms with van der Waals surface area (Å²) in [6, 6.07) is 8.64. The maximum atomic E-state index is 11.6. The number of fused-ring (bicyclic) bond motifs is 3. The fraction of sp³-hybridized carbons (Fsp3) is 0.438. The highest BCUT2D eigenvalue weighted by Gasteiger charge is 2.25. The number of alkyl carbamates (subject to hydrolysis) is 1. The van der Waals surface area contributed by atoms with E-state index in [9.17, 15) is 4.79 Å². The minimum atomic E-state index is -0.304. The van der Waals surface area contributed by atoms with E-state index in [0.717, 1.165) is 19.3 Å². The monoisotopic (exact) mass is 272 g/mol. The van der Waals surface area contributed by atoms with E-state index in [1.165, 1.54) is 22.2 Å². The van der Waals surface area contributed by atoms with E-state index in [-0.39, 0.29) is 12.1 Å². The van der Waals surface area contributed by atoms with Gasteiger partial charge in [-0.15, -0.1) is 0 Å². The number of nitrogens with one attached hydrogen (secondary N) is 1. The van der Waals surface area contributed by atoms with Crippen molar-refractivity contribution in [3.05, 3.63) is 35.5 Å². The molecule has 0 saturated carbocycles. The van der Waals surface area contributed by atoms with E-state index in [1.807, 2.05) is 6.92 Å². The van der Waals surface area contributed by atoms with E-state index in [4.69, 9.17) is 4.74 Å². The van der Waals surface area contributed by atoms with Crippen molar-refractivity contribution in [1.82, 2.24) is 9.88 Å². The zero-order valence-electron chi connectivity index (χ0n) is 12.0. The highest BCUT2D eigenvalue weighted by Crippen LogP contribution is 2.31. The number of carbonyl (C=O) groups is 1. The molecule has 1 aliphatic carbocycles. The molecule has 2 aromatic rings. The first-order valence-corrected chi connectivity index (χ1v) is 7.19. The van der Waals surface area contributed by atoms with Crippen LogP contribution in [0.2, 0.25) is 0 Å². The Morgan fingerprint density at radius 1 is 1.45 bits per heavy atom. The molecule has 0 radical (unpaired) electrons. The molecular weight excluding hydrogens is 252 g/mol. The summed E-state index contributed by atoms with van der Waals surface area (Å²) in [4.78, 5) is 11.6. The molecule has 4 heteroatoms. The van der Waals surface area contributed by atoms with E-state index in [1.54, 1.807) is 0 Å². The number of carbonyl (C=O) groups excluding carboxylic acids is 1. The first-order valence-electron chi connectivity index (χ1n) is 7.19. The predicted octanol–water partition coefficient (Wildman–Crippen LogP) is 2.78. The van der Waals surface area contributed by atoms with Gasteiger partial charge in [0.2, 0.25) is 0 Å². The first-order chi connectivity index (χ1) is 9.70. The van der Waals surface area contributed by atoms with Gasteiger partial charge < -0.3 is 14.6 Å². The van der Waals surface area contributed by atoms with Crippen LogP contribution >= 0.6 is 0 Å². The van der Waals surface area contributed by atoms with Crippen LogP contribution in [0.5, 0.6) is 0 Å². The van der Waals surface area contributed by atoms with Crippen molar-refractivity contribution in [3.63, 3.8) is 0 Å². The number of benzene rings is 1. The highest BCUT2D eigenvalue weighted by molar-refractivity contribution is 5.86. The maximum absolute atomic E-state index is 11.6. The molecule has 1 N–H and O–H groups in total. The summed E-state index contributed by atoms with van der Waals surface area (Å²) >= 11 is 0. The summed E-state index contributed by atoms with van der Waals surface area (Å²) in [5.74, 6) is 0. The van der Waals surface area contributed by atoms with Crippen molar-refractivity contribution in [2.24, 2.45) is 7.05 Å². The Morgan fingerprint density at radius 3 is 3.05 bits per heavy atom. The molecule has 3 rings (SSSR count). The van der Waals surface area contributed by atoms with Crippen molar-refractivity contribution >= 4 is 17.0 Å². The minimum absolute atomic E-state index is 0.173. The van der Waals surface area contributed by atoms with Crippen LogP contribution in [-0.4, -0.2) is 23.3 Å². The molecule has 1 heterocycles. The molecule has 0 bridgehead atoms. The van der Waals surface area contributed by atoms with Crippen LogP contribution in [0.4, 0.5) is 4.79 Å². The molecule has 1 atom stereocenters. The number of amides is 1. The molecule has 0 spiro atoms. The van der Waals surface area contributed by atoms with E-state index in [0.29, 0.717) is 6.61 Å². The van der Waals surface area contributed by atoms with Gasteiger partial charge in [0, 0.05) is 29.7 Å². The number of para-hydroxylation sites is 1. The average molecular weight is 272 g/mol. The Labute approximate surface area is 118 Å². The Balaban J connectivity index is 1.87. The molecule has 1 unspecified atom stereocenters. The second-order valence-electron chi connectivity index (χ2n) is 5.31. The summed E-state index contributed by atoms with van der Waals surface area (Å²) < 4.78 is 7.25. The maximum Gasteiger partial charge on any atom is 0.407 e. The molecule has 1 aromatic carbocycles. The zero-order chi connectivity index (χ0) is 14.1. The molecule has 0 fully saturated rings. The molecule has 1 aliphatic rings. The number of hydrogen-bond donors (Lipinski definition) is 1. The summed E-state index contributed by atoms with van der Waals surface area (Å²) in [6.07, 6.45) is 2.55. The van der Waals surface area contributed by atoms with Crippen molar-refractivity contribution in [2.75, 3.05) is 6.61 Å². The molecule has 106 valence electrons. The van der Waals surface area contributed by atoms with Gasteiger partial charge in [-0.05, 0) is 37.8 Å². The number of hydrogen-bond acceptors (Lipinski definition) is 2. The van der Waals surface area contributed by atoms with E-state index >= 15 is 0 Å². The largest absolute Gasteiger partial charge is 0.450 e.